The lowest BCUT2D eigenvalue weighted by Crippen LogP contribution is -2.51. The fourth-order valence-electron chi connectivity index (χ4n) is 6.94. The van der Waals surface area contributed by atoms with Gasteiger partial charge >= 0.3 is 5.97 Å². The minimum Gasteiger partial charge on any atom is -0.462 e. The zero-order chi connectivity index (χ0) is 28.6. The molecular formula is C32H28N4O5. The van der Waals surface area contributed by atoms with Crippen molar-refractivity contribution in [3.05, 3.63) is 100 Å². The maximum atomic E-state index is 14.5. The maximum Gasteiger partial charge on any atom is 0.338 e. The summed E-state index contributed by atoms with van der Waals surface area (Å²) in [5.74, 6) is -2.26. The van der Waals surface area contributed by atoms with Gasteiger partial charge in [0.05, 0.1) is 46.3 Å². The molecule has 2 amide bonds. The molecule has 9 heteroatoms. The van der Waals surface area contributed by atoms with Crippen molar-refractivity contribution in [3.63, 3.8) is 0 Å². The molecular weight excluding hydrogens is 520 g/mol. The number of hydrogen-bond donors (Lipinski definition) is 1. The van der Waals surface area contributed by atoms with Crippen molar-refractivity contribution >= 4 is 34.4 Å². The number of carbonyl (C=O) groups excluding carboxylic acids is 3. The minimum atomic E-state index is -1.19. The molecule has 0 saturated carbocycles. The second-order valence-corrected chi connectivity index (χ2v) is 11.1. The van der Waals surface area contributed by atoms with Gasteiger partial charge < -0.3 is 4.74 Å². The van der Waals surface area contributed by atoms with Crippen LogP contribution in [-0.2, 0) is 19.9 Å². The number of esters is 1. The van der Waals surface area contributed by atoms with Crippen molar-refractivity contribution in [1.82, 2.24) is 14.9 Å². The maximum absolute atomic E-state index is 14.5. The number of benzene rings is 3. The Morgan fingerprint density at radius 2 is 1.68 bits per heavy atom. The van der Waals surface area contributed by atoms with Crippen LogP contribution in [0, 0.1) is 17.8 Å². The Bertz CT molecular complexity index is 1830. The molecule has 3 aromatic carbocycles. The van der Waals surface area contributed by atoms with Gasteiger partial charge in [0.1, 0.15) is 11.4 Å². The second-order valence-electron chi connectivity index (χ2n) is 11.1. The van der Waals surface area contributed by atoms with Gasteiger partial charge in [-0.05, 0) is 55.3 Å². The van der Waals surface area contributed by atoms with Crippen LogP contribution in [0.1, 0.15) is 42.5 Å². The van der Waals surface area contributed by atoms with Gasteiger partial charge in [-0.15, -0.1) is 0 Å². The van der Waals surface area contributed by atoms with Crippen molar-refractivity contribution < 1.29 is 19.1 Å². The first-order valence-corrected chi connectivity index (χ1v) is 13.8. The number of aromatic nitrogens is 2. The molecule has 0 bridgehead atoms. The highest BCUT2D eigenvalue weighted by molar-refractivity contribution is 6.23. The smallest absolute Gasteiger partial charge is 0.338 e. The number of nitrogens with one attached hydrogen (secondary N) is 1. The average Bonchev–Trinajstić information content (AvgIpc) is 3.57. The number of ether oxygens (including phenoxy) is 1. The Labute approximate surface area is 235 Å². The van der Waals surface area contributed by atoms with Crippen LogP contribution in [-0.4, -0.2) is 40.0 Å². The Balaban J connectivity index is 1.43. The van der Waals surface area contributed by atoms with E-state index in [1.165, 1.54) is 4.90 Å². The van der Waals surface area contributed by atoms with E-state index in [1.54, 1.807) is 54.0 Å². The molecule has 1 aromatic heterocycles. The molecule has 1 N–H and O–H groups in total. The zero-order valence-corrected chi connectivity index (χ0v) is 22.8. The summed E-state index contributed by atoms with van der Waals surface area (Å²) in [5.41, 5.74) is 1.25. The summed E-state index contributed by atoms with van der Waals surface area (Å²) in [6, 6.07) is 20.6. The normalized spacial score (nSPS) is 24.3. The highest BCUT2D eigenvalue weighted by atomic mass is 16.5. The molecule has 2 saturated heterocycles. The molecule has 7 rings (SSSR count). The minimum absolute atomic E-state index is 0.00171. The van der Waals surface area contributed by atoms with Gasteiger partial charge in [0.2, 0.25) is 11.8 Å². The van der Waals surface area contributed by atoms with Crippen LogP contribution in [0.2, 0.25) is 0 Å². The van der Waals surface area contributed by atoms with E-state index in [4.69, 9.17) is 9.72 Å². The first-order valence-electron chi connectivity index (χ1n) is 13.8. The molecule has 1 spiro atoms. The second kappa shape index (κ2) is 8.94. The summed E-state index contributed by atoms with van der Waals surface area (Å²) >= 11 is 0. The number of anilines is 1. The predicted molar refractivity (Wildman–Crippen MR) is 152 cm³/mol. The Morgan fingerprint density at radius 3 is 2.41 bits per heavy atom. The van der Waals surface area contributed by atoms with Gasteiger partial charge in [-0.3, -0.25) is 24.3 Å². The molecule has 9 nitrogen and oxygen atoms in total. The monoisotopic (exact) mass is 548 g/mol. The highest BCUT2D eigenvalue weighted by Crippen LogP contribution is 2.56. The summed E-state index contributed by atoms with van der Waals surface area (Å²) < 4.78 is 6.67. The average molecular weight is 549 g/mol. The van der Waals surface area contributed by atoms with Crippen LogP contribution in [0.15, 0.2) is 77.6 Å². The van der Waals surface area contributed by atoms with Crippen molar-refractivity contribution in [2.24, 2.45) is 17.8 Å². The van der Waals surface area contributed by atoms with Crippen LogP contribution < -0.4 is 15.8 Å². The Morgan fingerprint density at radius 1 is 0.976 bits per heavy atom. The van der Waals surface area contributed by atoms with E-state index in [1.807, 2.05) is 44.2 Å². The van der Waals surface area contributed by atoms with Gasteiger partial charge in [-0.2, -0.15) is 0 Å². The number of hydrogen-bond acceptors (Lipinski definition) is 7. The standard InChI is InChI=1S/C32H28N4O5/c1-4-41-30(40)18-13-15-19(16-14-18)35-28(38)24-25(29(35)39)32(34-26(24)17(2)3)21-10-6-8-12-23(21)36-27(37)20-9-5-7-11-22(20)33-31(32)36/h5-17,24-26,34H,4H2,1-3H3/t24-,25-,26+,32+/m1/s1. The number of carbonyl (C=O) groups is 3. The lowest BCUT2D eigenvalue weighted by molar-refractivity contribution is -0.123. The molecule has 4 heterocycles. The summed E-state index contributed by atoms with van der Waals surface area (Å²) in [4.78, 5) is 60.9. The molecule has 3 aliphatic rings. The van der Waals surface area contributed by atoms with E-state index in [2.05, 4.69) is 5.32 Å². The van der Waals surface area contributed by atoms with E-state index in [-0.39, 0.29) is 35.9 Å². The number of para-hydroxylation sites is 2. The van der Waals surface area contributed by atoms with Crippen molar-refractivity contribution in [3.8, 4) is 5.69 Å². The Hall–Kier alpha value is -4.63. The van der Waals surface area contributed by atoms with E-state index in [0.29, 0.717) is 33.7 Å². The SMILES string of the molecule is CCOC(=O)c1ccc(N2C(=O)[C@H]3[C@H](C(C)C)N[C@@]4(c5ccccc5-n5c4nc4ccccc4c5=O)[C@H]3C2=O)cc1. The third-order valence-corrected chi connectivity index (χ3v) is 8.65. The largest absolute Gasteiger partial charge is 0.462 e. The number of nitrogens with zero attached hydrogens (tertiary/aromatic N) is 3. The lowest BCUT2D eigenvalue weighted by Gasteiger charge is -2.32. The fraction of sp³-hybridized carbons (Fsp3) is 0.281. The molecule has 0 unspecified atom stereocenters. The van der Waals surface area contributed by atoms with Gasteiger partial charge in [-0.1, -0.05) is 44.2 Å². The molecule has 0 aliphatic carbocycles. The number of imide groups is 1. The first kappa shape index (κ1) is 25.3. The summed E-state index contributed by atoms with van der Waals surface area (Å²) in [6.45, 7) is 6.01. The first-order chi connectivity index (χ1) is 19.8. The summed E-state index contributed by atoms with van der Waals surface area (Å²) in [7, 11) is 0. The van der Waals surface area contributed by atoms with Crippen LogP contribution >= 0.6 is 0 Å². The third kappa shape index (κ3) is 3.29. The molecule has 206 valence electrons. The predicted octanol–water partition coefficient (Wildman–Crippen LogP) is 3.55. The number of fused-ring (bicyclic) bond motifs is 8. The zero-order valence-electron chi connectivity index (χ0n) is 22.8. The van der Waals surface area contributed by atoms with Crippen molar-refractivity contribution in [1.29, 1.82) is 0 Å². The molecule has 2 fully saturated rings. The topological polar surface area (TPSA) is 111 Å². The van der Waals surface area contributed by atoms with Gasteiger partial charge in [-0.25, -0.2) is 14.7 Å². The molecule has 0 radical (unpaired) electrons. The van der Waals surface area contributed by atoms with E-state index in [9.17, 15) is 19.2 Å². The number of rotatable bonds is 4. The molecule has 41 heavy (non-hydrogen) atoms. The van der Waals surface area contributed by atoms with E-state index < -0.39 is 23.3 Å². The van der Waals surface area contributed by atoms with Crippen LogP contribution in [0.25, 0.3) is 16.6 Å². The van der Waals surface area contributed by atoms with Crippen molar-refractivity contribution in [2.45, 2.75) is 32.4 Å². The van der Waals surface area contributed by atoms with Crippen LogP contribution in [0.5, 0.6) is 0 Å². The molecule has 4 aromatic rings. The molecule has 4 atom stereocenters. The van der Waals surface area contributed by atoms with Crippen molar-refractivity contribution in [2.75, 3.05) is 11.5 Å². The van der Waals surface area contributed by atoms with Gasteiger partial charge in [0.15, 0.2) is 0 Å². The quantitative estimate of drug-likeness (QED) is 0.307. The van der Waals surface area contributed by atoms with Crippen LogP contribution in [0.4, 0.5) is 5.69 Å². The lowest BCUT2D eigenvalue weighted by atomic mass is 9.75. The fourth-order valence-corrected chi connectivity index (χ4v) is 6.94. The highest BCUT2D eigenvalue weighted by Gasteiger charge is 2.70. The molecule has 3 aliphatic heterocycles. The summed E-state index contributed by atoms with van der Waals surface area (Å²) in [5, 5.41) is 4.17. The van der Waals surface area contributed by atoms with Crippen LogP contribution in [0.3, 0.4) is 0 Å². The Kier molecular flexibility index (Phi) is 5.53. The third-order valence-electron chi connectivity index (χ3n) is 8.65. The number of amides is 2. The van der Waals surface area contributed by atoms with Gasteiger partial charge in [0.25, 0.3) is 5.56 Å². The van der Waals surface area contributed by atoms with E-state index >= 15 is 0 Å². The summed E-state index contributed by atoms with van der Waals surface area (Å²) in [6.07, 6.45) is 0. The van der Waals surface area contributed by atoms with Gasteiger partial charge in [0, 0.05) is 11.6 Å². The van der Waals surface area contributed by atoms with E-state index in [0.717, 1.165) is 5.56 Å².